The number of hydrogen-bond acceptors (Lipinski definition) is 1. The predicted molar refractivity (Wildman–Crippen MR) is 111 cm³/mol. The zero-order chi connectivity index (χ0) is 18.8. The molecule has 1 aromatic carbocycles. The second kappa shape index (κ2) is 7.76. The van der Waals surface area contributed by atoms with Crippen LogP contribution in [0.3, 0.4) is 0 Å². The molecule has 0 fully saturated rings. The molecule has 0 N–H and O–H groups in total. The van der Waals surface area contributed by atoms with Gasteiger partial charge in [-0.15, -0.1) is 0 Å². The van der Waals surface area contributed by atoms with Crippen molar-refractivity contribution in [1.82, 2.24) is 0 Å². The average molecular weight is 342 g/mol. The van der Waals surface area contributed by atoms with Gasteiger partial charge in [0.2, 0.25) is 0 Å². The zero-order valence-electron chi connectivity index (χ0n) is 17.5. The maximum absolute atomic E-state index is 2.55. The third kappa shape index (κ3) is 4.16. The Hall–Kier alpha value is -1.57. The van der Waals surface area contributed by atoms with Gasteiger partial charge in [-0.25, -0.2) is 4.58 Å². The summed E-state index contributed by atoms with van der Waals surface area (Å²) in [5.74, 6) is 0.712. The predicted octanol–water partition coefficient (Wildman–Crippen LogP) is 5.61. The Balaban J connectivity index is 2.49. The van der Waals surface area contributed by atoms with Crippen molar-refractivity contribution in [3.8, 4) is 0 Å². The van der Waals surface area contributed by atoms with Crippen molar-refractivity contribution in [3.05, 3.63) is 41.6 Å². The number of benzene rings is 1. The first kappa shape index (κ1) is 19.8. The first-order valence-electron chi connectivity index (χ1n) is 9.86. The first-order valence-corrected chi connectivity index (χ1v) is 9.86. The SMILES string of the molecule is CC(C)CCN1C(=CC=[N+](C(C)C)C(C)C)C(C)(C)c2ccccc21. The lowest BCUT2D eigenvalue weighted by Gasteiger charge is -2.27. The third-order valence-electron chi connectivity index (χ3n) is 5.33. The van der Waals surface area contributed by atoms with Gasteiger partial charge in [0.1, 0.15) is 12.1 Å². The minimum absolute atomic E-state index is 0.0453. The highest BCUT2D eigenvalue weighted by atomic mass is 15.2. The molecule has 0 saturated carbocycles. The minimum Gasteiger partial charge on any atom is -0.344 e. The Labute approximate surface area is 155 Å². The number of rotatable bonds is 6. The van der Waals surface area contributed by atoms with Crippen LogP contribution in [-0.4, -0.2) is 29.4 Å². The van der Waals surface area contributed by atoms with Crippen molar-refractivity contribution in [3.63, 3.8) is 0 Å². The normalized spacial score (nSPS) is 17.7. The molecular weight excluding hydrogens is 304 g/mol. The van der Waals surface area contributed by atoms with E-state index in [4.69, 9.17) is 0 Å². The van der Waals surface area contributed by atoms with Crippen LogP contribution < -0.4 is 4.90 Å². The molecule has 0 atom stereocenters. The highest BCUT2D eigenvalue weighted by Crippen LogP contribution is 2.47. The number of anilines is 1. The second-order valence-corrected chi connectivity index (χ2v) is 8.81. The molecule has 0 saturated heterocycles. The first-order chi connectivity index (χ1) is 11.7. The number of allylic oxidation sites excluding steroid dienone is 2. The maximum Gasteiger partial charge on any atom is 0.165 e. The fraction of sp³-hybridized carbons (Fsp3) is 0.609. The van der Waals surface area contributed by atoms with Gasteiger partial charge in [0.25, 0.3) is 0 Å². The van der Waals surface area contributed by atoms with E-state index in [2.05, 4.69) is 101 Å². The van der Waals surface area contributed by atoms with Gasteiger partial charge in [0.05, 0.1) is 0 Å². The lowest BCUT2D eigenvalue weighted by Crippen LogP contribution is -2.30. The molecule has 1 heterocycles. The van der Waals surface area contributed by atoms with Gasteiger partial charge in [-0.1, -0.05) is 45.9 Å². The van der Waals surface area contributed by atoms with Crippen LogP contribution in [0.25, 0.3) is 0 Å². The highest BCUT2D eigenvalue weighted by Gasteiger charge is 2.39. The Kier molecular flexibility index (Phi) is 6.13. The molecule has 2 rings (SSSR count). The van der Waals surface area contributed by atoms with Gasteiger partial charge in [-0.05, 0) is 51.7 Å². The van der Waals surface area contributed by atoms with Crippen LogP contribution in [-0.2, 0) is 5.41 Å². The summed E-state index contributed by atoms with van der Waals surface area (Å²) in [5, 5.41) is 0. The van der Waals surface area contributed by atoms with E-state index < -0.39 is 0 Å². The maximum atomic E-state index is 2.55. The van der Waals surface area contributed by atoms with E-state index in [9.17, 15) is 0 Å². The summed E-state index contributed by atoms with van der Waals surface area (Å²) in [4.78, 5) is 2.55. The summed E-state index contributed by atoms with van der Waals surface area (Å²) < 4.78 is 2.44. The standard InChI is InChI=1S/C23H37N2/c1-17(2)13-15-25-21-12-10-9-11-20(21)23(7,8)22(25)14-16-24(18(3)4)19(5)6/h9-12,14,16-19H,13,15H2,1-8H3/q+1. The molecule has 0 radical (unpaired) electrons. The fourth-order valence-electron chi connectivity index (χ4n) is 3.87. The van der Waals surface area contributed by atoms with Crippen LogP contribution in [0.1, 0.15) is 67.4 Å². The van der Waals surface area contributed by atoms with E-state index in [0.717, 1.165) is 6.54 Å². The van der Waals surface area contributed by atoms with Crippen LogP contribution in [0.4, 0.5) is 5.69 Å². The van der Waals surface area contributed by atoms with E-state index in [1.54, 1.807) is 0 Å². The van der Waals surface area contributed by atoms with Crippen molar-refractivity contribution in [2.24, 2.45) is 5.92 Å². The fourth-order valence-corrected chi connectivity index (χ4v) is 3.87. The van der Waals surface area contributed by atoms with Crippen molar-refractivity contribution in [2.75, 3.05) is 11.4 Å². The second-order valence-electron chi connectivity index (χ2n) is 8.81. The molecular formula is C23H37N2+. The Morgan fingerprint density at radius 3 is 2.16 bits per heavy atom. The monoisotopic (exact) mass is 341 g/mol. The quantitative estimate of drug-likeness (QED) is 0.481. The van der Waals surface area contributed by atoms with E-state index >= 15 is 0 Å². The van der Waals surface area contributed by atoms with Crippen molar-refractivity contribution in [2.45, 2.75) is 79.3 Å². The van der Waals surface area contributed by atoms with Gasteiger partial charge in [0.15, 0.2) is 6.21 Å². The summed E-state index contributed by atoms with van der Waals surface area (Å²) in [6, 6.07) is 9.92. The smallest absolute Gasteiger partial charge is 0.165 e. The van der Waals surface area contributed by atoms with E-state index in [-0.39, 0.29) is 5.41 Å². The van der Waals surface area contributed by atoms with E-state index in [0.29, 0.717) is 18.0 Å². The van der Waals surface area contributed by atoms with Crippen molar-refractivity contribution in [1.29, 1.82) is 0 Å². The largest absolute Gasteiger partial charge is 0.344 e. The lowest BCUT2D eigenvalue weighted by molar-refractivity contribution is -0.583. The average Bonchev–Trinajstić information content (AvgIpc) is 2.73. The lowest BCUT2D eigenvalue weighted by atomic mass is 9.84. The summed E-state index contributed by atoms with van der Waals surface area (Å²) in [6.45, 7) is 19.5. The van der Waals surface area contributed by atoms with Gasteiger partial charge in [-0.3, -0.25) is 0 Å². The van der Waals surface area contributed by atoms with Crippen molar-refractivity contribution >= 4 is 11.9 Å². The van der Waals surface area contributed by atoms with Gasteiger partial charge in [0, 0.05) is 29.4 Å². The summed E-state index contributed by atoms with van der Waals surface area (Å²) in [7, 11) is 0. The number of para-hydroxylation sites is 1. The van der Waals surface area contributed by atoms with Crippen LogP contribution in [0.5, 0.6) is 0 Å². The molecule has 0 unspecified atom stereocenters. The molecule has 1 aromatic rings. The summed E-state index contributed by atoms with van der Waals surface area (Å²) in [6.07, 6.45) is 5.88. The highest BCUT2D eigenvalue weighted by molar-refractivity contribution is 5.77. The number of fused-ring (bicyclic) bond motifs is 1. The van der Waals surface area contributed by atoms with Gasteiger partial charge < -0.3 is 4.90 Å². The molecule has 0 aliphatic carbocycles. The molecule has 1 aliphatic heterocycles. The van der Waals surface area contributed by atoms with Crippen LogP contribution in [0.15, 0.2) is 36.0 Å². The van der Waals surface area contributed by atoms with E-state index in [1.165, 1.54) is 23.4 Å². The molecule has 1 aliphatic rings. The summed E-state index contributed by atoms with van der Waals surface area (Å²) in [5.41, 5.74) is 4.29. The molecule has 0 bridgehead atoms. The minimum atomic E-state index is 0.0453. The molecule has 138 valence electrons. The zero-order valence-corrected chi connectivity index (χ0v) is 17.5. The summed E-state index contributed by atoms with van der Waals surface area (Å²) >= 11 is 0. The number of nitrogens with zero attached hydrogens (tertiary/aromatic N) is 2. The molecule has 2 heteroatoms. The van der Waals surface area contributed by atoms with Crippen LogP contribution in [0.2, 0.25) is 0 Å². The molecule has 25 heavy (non-hydrogen) atoms. The van der Waals surface area contributed by atoms with Crippen LogP contribution >= 0.6 is 0 Å². The van der Waals surface area contributed by atoms with E-state index in [1.807, 2.05) is 0 Å². The van der Waals surface area contributed by atoms with Crippen molar-refractivity contribution < 1.29 is 4.58 Å². The molecule has 0 amide bonds. The Morgan fingerprint density at radius 1 is 1.00 bits per heavy atom. The molecule has 2 nitrogen and oxygen atoms in total. The van der Waals surface area contributed by atoms with Crippen LogP contribution in [0, 0.1) is 5.92 Å². The van der Waals surface area contributed by atoms with Gasteiger partial charge >= 0.3 is 0 Å². The molecule has 0 aromatic heterocycles. The third-order valence-corrected chi connectivity index (χ3v) is 5.33. The van der Waals surface area contributed by atoms with Gasteiger partial charge in [-0.2, -0.15) is 0 Å². The Bertz CT molecular complexity index is 638. The number of hydrogen-bond donors (Lipinski definition) is 0. The Morgan fingerprint density at radius 2 is 1.60 bits per heavy atom. The topological polar surface area (TPSA) is 6.25 Å². The molecule has 0 spiro atoms.